The van der Waals surface area contributed by atoms with Crippen molar-refractivity contribution in [1.82, 2.24) is 5.32 Å². The molecule has 0 radical (unpaired) electrons. The van der Waals surface area contributed by atoms with Gasteiger partial charge in [0.25, 0.3) is 0 Å². The van der Waals surface area contributed by atoms with Crippen molar-refractivity contribution in [2.45, 2.75) is 58.4 Å². The molecule has 0 rings (SSSR count). The van der Waals surface area contributed by atoms with E-state index in [4.69, 9.17) is 5.73 Å². The Labute approximate surface area is 87.4 Å². The second kappa shape index (κ2) is 6.82. The molecule has 84 valence electrons. The molecule has 3 heteroatoms. The van der Waals surface area contributed by atoms with E-state index in [0.717, 1.165) is 19.4 Å². The first kappa shape index (κ1) is 13.4. The highest BCUT2D eigenvalue weighted by Gasteiger charge is 2.24. The minimum absolute atomic E-state index is 0.101. The van der Waals surface area contributed by atoms with Gasteiger partial charge in [-0.25, -0.2) is 0 Å². The van der Waals surface area contributed by atoms with Crippen LogP contribution in [0.15, 0.2) is 0 Å². The van der Waals surface area contributed by atoms with Gasteiger partial charge in [-0.05, 0) is 19.9 Å². The molecule has 0 aliphatic carbocycles. The van der Waals surface area contributed by atoms with Gasteiger partial charge in [0.1, 0.15) is 0 Å². The number of hydrogen-bond acceptors (Lipinski definition) is 2. The molecule has 1 unspecified atom stereocenters. The molecular formula is C11H24N2O. The Hall–Kier alpha value is -0.570. The van der Waals surface area contributed by atoms with Crippen LogP contribution in [-0.4, -0.2) is 18.0 Å². The van der Waals surface area contributed by atoms with Crippen LogP contribution in [0.3, 0.4) is 0 Å². The van der Waals surface area contributed by atoms with Crippen LogP contribution in [0.25, 0.3) is 0 Å². The van der Waals surface area contributed by atoms with Crippen LogP contribution >= 0.6 is 0 Å². The van der Waals surface area contributed by atoms with E-state index in [1.54, 1.807) is 0 Å². The van der Waals surface area contributed by atoms with E-state index < -0.39 is 0 Å². The predicted molar refractivity (Wildman–Crippen MR) is 60.0 cm³/mol. The third-order valence-corrected chi connectivity index (χ3v) is 2.50. The Balaban J connectivity index is 4.02. The number of unbranched alkanes of at least 4 members (excludes halogenated alkanes) is 2. The summed E-state index contributed by atoms with van der Waals surface area (Å²) in [5.41, 5.74) is 5.13. The first-order valence-electron chi connectivity index (χ1n) is 5.57. The molecule has 0 saturated heterocycles. The highest BCUT2D eigenvalue weighted by Crippen LogP contribution is 2.18. The number of nitrogens with two attached hydrogens (primary N) is 1. The summed E-state index contributed by atoms with van der Waals surface area (Å²) < 4.78 is 0. The molecule has 0 aromatic heterocycles. The predicted octanol–water partition coefficient (Wildman–Crippen LogP) is 1.81. The third kappa shape index (κ3) is 5.97. The average molecular weight is 200 g/mol. The summed E-state index contributed by atoms with van der Waals surface area (Å²) in [5, 5.41) is 3.35. The molecule has 0 aliphatic heterocycles. The van der Waals surface area contributed by atoms with Crippen LogP contribution < -0.4 is 11.1 Å². The van der Waals surface area contributed by atoms with Crippen LogP contribution in [0.4, 0.5) is 0 Å². The van der Waals surface area contributed by atoms with Crippen LogP contribution in [0.1, 0.15) is 52.9 Å². The Morgan fingerprint density at radius 1 is 1.36 bits per heavy atom. The molecule has 0 spiro atoms. The molecule has 0 fully saturated rings. The quantitative estimate of drug-likeness (QED) is 0.587. The van der Waals surface area contributed by atoms with Crippen molar-refractivity contribution in [3.63, 3.8) is 0 Å². The molecule has 3 nitrogen and oxygen atoms in total. The van der Waals surface area contributed by atoms with E-state index in [1.165, 1.54) is 12.8 Å². The lowest BCUT2D eigenvalue weighted by atomic mass is 9.90. The van der Waals surface area contributed by atoms with Crippen molar-refractivity contribution in [2.24, 2.45) is 5.73 Å². The maximum Gasteiger partial charge on any atom is 0.219 e. The fourth-order valence-electron chi connectivity index (χ4n) is 1.82. The van der Waals surface area contributed by atoms with E-state index >= 15 is 0 Å². The molecule has 0 aliphatic rings. The lowest BCUT2D eigenvalue weighted by Crippen LogP contribution is -2.45. The molecule has 14 heavy (non-hydrogen) atoms. The van der Waals surface area contributed by atoms with Gasteiger partial charge in [-0.1, -0.05) is 33.1 Å². The molecule has 3 N–H and O–H groups in total. The Bertz CT molecular complexity index is 171. The van der Waals surface area contributed by atoms with Gasteiger partial charge in [0.15, 0.2) is 0 Å². The minimum atomic E-state index is -0.218. The molecule has 1 atom stereocenters. The lowest BCUT2D eigenvalue weighted by Gasteiger charge is -2.29. The summed E-state index contributed by atoms with van der Waals surface area (Å²) in [4.78, 5) is 10.9. The van der Waals surface area contributed by atoms with Gasteiger partial charge in [0.2, 0.25) is 5.91 Å². The largest absolute Gasteiger partial charge is 0.370 e. The second-order valence-corrected chi connectivity index (χ2v) is 4.19. The van der Waals surface area contributed by atoms with Gasteiger partial charge in [0.05, 0.1) is 0 Å². The number of hydrogen-bond donors (Lipinski definition) is 2. The average Bonchev–Trinajstić information content (AvgIpc) is 2.03. The second-order valence-electron chi connectivity index (χ2n) is 4.19. The van der Waals surface area contributed by atoms with Gasteiger partial charge in [-0.3, -0.25) is 4.79 Å². The highest BCUT2D eigenvalue weighted by atomic mass is 16.1. The van der Waals surface area contributed by atoms with E-state index in [0.29, 0.717) is 6.42 Å². The fourth-order valence-corrected chi connectivity index (χ4v) is 1.82. The van der Waals surface area contributed by atoms with Gasteiger partial charge in [-0.2, -0.15) is 0 Å². The topological polar surface area (TPSA) is 55.1 Å². The molecular weight excluding hydrogens is 176 g/mol. The van der Waals surface area contributed by atoms with E-state index in [9.17, 15) is 4.79 Å². The fraction of sp³-hybridized carbons (Fsp3) is 0.909. The van der Waals surface area contributed by atoms with Gasteiger partial charge in [0, 0.05) is 12.0 Å². The summed E-state index contributed by atoms with van der Waals surface area (Å²) in [6.45, 7) is 7.20. The smallest absolute Gasteiger partial charge is 0.219 e. The first-order chi connectivity index (χ1) is 6.54. The number of amides is 1. The number of carbonyl (C=O) groups is 1. The number of carbonyl (C=O) groups excluding carboxylic acids is 1. The zero-order chi connectivity index (χ0) is 11.0. The molecule has 0 aromatic carbocycles. The standard InChI is InChI=1S/C11H24N2O/c1-4-6-7-8-11(3,13-5-2)9-10(12)14/h13H,4-9H2,1-3H3,(H2,12,14). The maximum atomic E-state index is 10.9. The monoisotopic (exact) mass is 200 g/mol. The van der Waals surface area contributed by atoms with Crippen LogP contribution in [0.5, 0.6) is 0 Å². The summed E-state index contributed by atoms with van der Waals surface area (Å²) in [5.74, 6) is -0.218. The Kier molecular flexibility index (Phi) is 6.54. The van der Waals surface area contributed by atoms with Crippen LogP contribution in [-0.2, 0) is 4.79 Å². The Morgan fingerprint density at radius 2 is 2.00 bits per heavy atom. The molecule has 0 saturated carbocycles. The van der Waals surface area contributed by atoms with Crippen molar-refractivity contribution in [1.29, 1.82) is 0 Å². The summed E-state index contributed by atoms with van der Waals surface area (Å²) in [6.07, 6.45) is 5.05. The third-order valence-electron chi connectivity index (χ3n) is 2.50. The van der Waals surface area contributed by atoms with E-state index in [-0.39, 0.29) is 11.4 Å². The van der Waals surface area contributed by atoms with Gasteiger partial charge < -0.3 is 11.1 Å². The SMILES string of the molecule is CCCCCC(C)(CC(N)=O)NCC. The van der Waals surface area contributed by atoms with Crippen LogP contribution in [0.2, 0.25) is 0 Å². The highest BCUT2D eigenvalue weighted by molar-refractivity contribution is 5.75. The summed E-state index contributed by atoms with van der Waals surface area (Å²) in [6, 6.07) is 0. The van der Waals surface area contributed by atoms with Crippen molar-refractivity contribution in [2.75, 3.05) is 6.54 Å². The van der Waals surface area contributed by atoms with Crippen molar-refractivity contribution in [3.8, 4) is 0 Å². The molecule has 0 aromatic rings. The minimum Gasteiger partial charge on any atom is -0.370 e. The van der Waals surface area contributed by atoms with Crippen molar-refractivity contribution >= 4 is 5.91 Å². The maximum absolute atomic E-state index is 10.9. The van der Waals surface area contributed by atoms with Gasteiger partial charge in [-0.15, -0.1) is 0 Å². The van der Waals surface area contributed by atoms with Gasteiger partial charge >= 0.3 is 0 Å². The first-order valence-corrected chi connectivity index (χ1v) is 5.57. The number of rotatable bonds is 8. The van der Waals surface area contributed by atoms with Crippen molar-refractivity contribution < 1.29 is 4.79 Å². The number of nitrogens with one attached hydrogen (secondary N) is 1. The Morgan fingerprint density at radius 3 is 2.43 bits per heavy atom. The normalized spacial score (nSPS) is 15.1. The van der Waals surface area contributed by atoms with Crippen molar-refractivity contribution in [3.05, 3.63) is 0 Å². The zero-order valence-electron chi connectivity index (χ0n) is 9.73. The van der Waals surface area contributed by atoms with Crippen LogP contribution in [0, 0.1) is 0 Å². The van der Waals surface area contributed by atoms with E-state index in [1.807, 2.05) is 0 Å². The lowest BCUT2D eigenvalue weighted by molar-refractivity contribution is -0.119. The number of primary amides is 1. The molecule has 0 heterocycles. The van der Waals surface area contributed by atoms with E-state index in [2.05, 4.69) is 26.1 Å². The summed E-state index contributed by atoms with van der Waals surface area (Å²) >= 11 is 0. The molecule has 1 amide bonds. The summed E-state index contributed by atoms with van der Waals surface area (Å²) in [7, 11) is 0. The molecule has 0 bridgehead atoms. The zero-order valence-corrected chi connectivity index (χ0v) is 9.73.